The van der Waals surface area contributed by atoms with Crippen molar-refractivity contribution in [3.8, 4) is 5.75 Å². The number of hydrogen-bond donors (Lipinski definition) is 1. The Kier molecular flexibility index (Phi) is 5.88. The second kappa shape index (κ2) is 8.60. The predicted octanol–water partition coefficient (Wildman–Crippen LogP) is 3.04. The Labute approximate surface area is 177 Å². The topological polar surface area (TPSA) is 97.6 Å². The first-order valence-corrected chi connectivity index (χ1v) is 10.3. The number of methoxy groups -OCH3 is 1. The lowest BCUT2D eigenvalue weighted by atomic mass is 9.86. The Hall–Kier alpha value is -3.04. The maximum Gasteiger partial charge on any atom is 0.248 e. The first kappa shape index (κ1) is 21.2. The summed E-state index contributed by atoms with van der Waals surface area (Å²) in [6.07, 6.45) is 0.356. The molecule has 166 valence electrons. The predicted molar refractivity (Wildman–Crippen MR) is 106 cm³/mol. The summed E-state index contributed by atoms with van der Waals surface area (Å²) >= 11 is 0. The molecular weight excluding hydrogens is 410 g/mol. The molecule has 0 radical (unpaired) electrons. The van der Waals surface area contributed by atoms with E-state index in [1.54, 1.807) is 36.3 Å². The van der Waals surface area contributed by atoms with Gasteiger partial charge in [-0.1, -0.05) is 11.2 Å². The molecule has 2 amide bonds. The zero-order valence-electron chi connectivity index (χ0n) is 17.1. The first-order chi connectivity index (χ1) is 14.8. The molecule has 4 rings (SSSR count). The summed E-state index contributed by atoms with van der Waals surface area (Å²) in [5.41, 5.74) is 0.680. The lowest BCUT2D eigenvalue weighted by molar-refractivity contribution is -0.126. The molecule has 1 aromatic heterocycles. The van der Waals surface area contributed by atoms with Gasteiger partial charge in [0.2, 0.25) is 23.6 Å². The van der Waals surface area contributed by atoms with Crippen LogP contribution >= 0.6 is 0 Å². The third kappa shape index (κ3) is 4.83. The van der Waals surface area contributed by atoms with Gasteiger partial charge in [0.25, 0.3) is 0 Å². The van der Waals surface area contributed by atoms with Gasteiger partial charge >= 0.3 is 0 Å². The van der Waals surface area contributed by atoms with Gasteiger partial charge in [-0.2, -0.15) is 4.98 Å². The highest BCUT2D eigenvalue weighted by molar-refractivity contribution is 6.00. The van der Waals surface area contributed by atoms with Gasteiger partial charge in [0.05, 0.1) is 19.6 Å². The molecule has 0 bridgehead atoms. The molecule has 1 saturated heterocycles. The Balaban J connectivity index is 1.30. The average molecular weight is 434 g/mol. The number of nitrogens with zero attached hydrogens (tertiary/aromatic N) is 3. The van der Waals surface area contributed by atoms with Crippen LogP contribution in [0.1, 0.15) is 49.7 Å². The number of amides is 2. The fraction of sp³-hybridized carbons (Fsp3) is 0.524. The Morgan fingerprint density at radius 1 is 1.35 bits per heavy atom. The zero-order chi connectivity index (χ0) is 22.0. The van der Waals surface area contributed by atoms with Crippen molar-refractivity contribution in [3.05, 3.63) is 36.0 Å². The molecule has 1 aliphatic carbocycles. The number of alkyl halides is 2. The molecule has 2 fully saturated rings. The van der Waals surface area contributed by atoms with Crippen LogP contribution in [0.3, 0.4) is 0 Å². The second-order valence-electron chi connectivity index (χ2n) is 8.00. The van der Waals surface area contributed by atoms with Gasteiger partial charge in [-0.3, -0.25) is 9.59 Å². The summed E-state index contributed by atoms with van der Waals surface area (Å²) in [5.74, 6) is -2.44. The maximum absolute atomic E-state index is 13.3. The quantitative estimate of drug-likeness (QED) is 0.751. The van der Waals surface area contributed by atoms with E-state index in [9.17, 15) is 18.4 Å². The van der Waals surface area contributed by atoms with Crippen molar-refractivity contribution in [3.63, 3.8) is 0 Å². The van der Waals surface area contributed by atoms with Crippen molar-refractivity contribution in [2.75, 3.05) is 18.6 Å². The molecular formula is C21H24F2N4O4. The normalized spacial score (nSPS) is 21.3. The molecule has 1 aliphatic heterocycles. The van der Waals surface area contributed by atoms with Crippen LogP contribution in [0.15, 0.2) is 28.8 Å². The molecule has 31 heavy (non-hydrogen) atoms. The SMILES string of the molecule is COc1cccc(N2C[C@H](C(=O)NCc3nc(C4CCC(F)(F)CC4)no3)CC2=O)c1. The molecule has 2 aromatic rings. The summed E-state index contributed by atoms with van der Waals surface area (Å²) in [5, 5.41) is 6.61. The standard InChI is InChI=1S/C21H24F2N4O4/c1-30-16-4-2-3-15(10-16)27-12-14(9-18(27)28)20(29)24-11-17-25-19(26-31-17)13-5-7-21(22,23)8-6-13/h2-4,10,13-14H,5-9,11-12H2,1H3,(H,24,29)/t14-/m1/s1. The largest absolute Gasteiger partial charge is 0.497 e. The van der Waals surface area contributed by atoms with Gasteiger partial charge in [-0.25, -0.2) is 8.78 Å². The third-order valence-corrected chi connectivity index (χ3v) is 5.84. The fourth-order valence-corrected chi connectivity index (χ4v) is 4.02. The van der Waals surface area contributed by atoms with Crippen LogP contribution in [-0.2, 0) is 16.1 Å². The number of benzene rings is 1. The number of nitrogens with one attached hydrogen (secondary N) is 1. The zero-order valence-corrected chi connectivity index (χ0v) is 17.1. The Morgan fingerprint density at radius 2 is 2.13 bits per heavy atom. The molecule has 2 heterocycles. The molecule has 1 N–H and O–H groups in total. The van der Waals surface area contributed by atoms with Gasteiger partial charge in [-0.15, -0.1) is 0 Å². The van der Waals surface area contributed by atoms with Gasteiger partial charge in [0.15, 0.2) is 5.82 Å². The minimum absolute atomic E-state index is 0.0264. The Morgan fingerprint density at radius 3 is 2.87 bits per heavy atom. The maximum atomic E-state index is 13.3. The number of aromatic nitrogens is 2. The summed E-state index contributed by atoms with van der Waals surface area (Å²) in [6, 6.07) is 7.11. The van der Waals surface area contributed by atoms with Crippen LogP contribution in [0.2, 0.25) is 0 Å². The van der Waals surface area contributed by atoms with E-state index in [0.29, 0.717) is 30.1 Å². The number of anilines is 1. The monoisotopic (exact) mass is 434 g/mol. The molecule has 1 atom stereocenters. The van der Waals surface area contributed by atoms with E-state index in [-0.39, 0.29) is 56.0 Å². The lowest BCUT2D eigenvalue weighted by Gasteiger charge is -2.26. The number of hydrogen-bond acceptors (Lipinski definition) is 6. The number of ether oxygens (including phenoxy) is 1. The van der Waals surface area contributed by atoms with Crippen LogP contribution in [0.4, 0.5) is 14.5 Å². The minimum atomic E-state index is -2.62. The minimum Gasteiger partial charge on any atom is -0.497 e. The average Bonchev–Trinajstić information content (AvgIpc) is 3.39. The molecule has 0 spiro atoms. The third-order valence-electron chi connectivity index (χ3n) is 5.84. The van der Waals surface area contributed by atoms with Crippen LogP contribution in [0, 0.1) is 5.92 Å². The Bertz CT molecular complexity index is 954. The van der Waals surface area contributed by atoms with Gasteiger partial charge < -0.3 is 19.5 Å². The summed E-state index contributed by atoms with van der Waals surface area (Å²) in [6.45, 7) is 0.293. The highest BCUT2D eigenvalue weighted by atomic mass is 19.3. The molecule has 10 heteroatoms. The van der Waals surface area contributed by atoms with Gasteiger partial charge in [0, 0.05) is 43.5 Å². The summed E-state index contributed by atoms with van der Waals surface area (Å²) in [7, 11) is 1.55. The molecule has 0 unspecified atom stereocenters. The van der Waals surface area contributed by atoms with Crippen LogP contribution in [-0.4, -0.2) is 41.5 Å². The number of carbonyl (C=O) groups is 2. The highest BCUT2D eigenvalue weighted by Gasteiger charge is 2.37. The summed E-state index contributed by atoms with van der Waals surface area (Å²) in [4.78, 5) is 30.8. The molecule has 1 aromatic carbocycles. The van der Waals surface area contributed by atoms with E-state index in [4.69, 9.17) is 9.26 Å². The van der Waals surface area contributed by atoms with E-state index in [1.807, 2.05) is 0 Å². The molecule has 1 saturated carbocycles. The van der Waals surface area contributed by atoms with E-state index in [2.05, 4.69) is 15.5 Å². The van der Waals surface area contributed by atoms with E-state index in [0.717, 1.165) is 0 Å². The molecule has 2 aliphatic rings. The van der Waals surface area contributed by atoms with Crippen LogP contribution in [0.5, 0.6) is 5.75 Å². The van der Waals surface area contributed by atoms with Crippen molar-refractivity contribution in [1.29, 1.82) is 0 Å². The van der Waals surface area contributed by atoms with Crippen molar-refractivity contribution >= 4 is 17.5 Å². The smallest absolute Gasteiger partial charge is 0.248 e. The van der Waals surface area contributed by atoms with Crippen molar-refractivity contribution in [2.45, 2.75) is 50.5 Å². The van der Waals surface area contributed by atoms with Crippen LogP contribution in [0.25, 0.3) is 0 Å². The second-order valence-corrected chi connectivity index (χ2v) is 8.00. The highest BCUT2D eigenvalue weighted by Crippen LogP contribution is 2.39. The summed E-state index contributed by atoms with van der Waals surface area (Å²) < 4.78 is 37.0. The number of carbonyl (C=O) groups excluding carboxylic acids is 2. The number of rotatable bonds is 6. The fourth-order valence-electron chi connectivity index (χ4n) is 4.02. The van der Waals surface area contributed by atoms with E-state index in [1.165, 1.54) is 0 Å². The first-order valence-electron chi connectivity index (χ1n) is 10.3. The van der Waals surface area contributed by atoms with E-state index < -0.39 is 11.8 Å². The van der Waals surface area contributed by atoms with Crippen molar-refractivity contribution in [1.82, 2.24) is 15.5 Å². The lowest BCUT2D eigenvalue weighted by Crippen LogP contribution is -2.32. The van der Waals surface area contributed by atoms with Crippen molar-refractivity contribution in [2.24, 2.45) is 5.92 Å². The van der Waals surface area contributed by atoms with Gasteiger partial charge in [-0.05, 0) is 25.0 Å². The van der Waals surface area contributed by atoms with Crippen molar-refractivity contribution < 1.29 is 27.6 Å². The van der Waals surface area contributed by atoms with Gasteiger partial charge in [0.1, 0.15) is 5.75 Å². The van der Waals surface area contributed by atoms with Crippen LogP contribution < -0.4 is 15.0 Å². The number of halogens is 2. The van der Waals surface area contributed by atoms with E-state index >= 15 is 0 Å². The molecule has 8 nitrogen and oxygen atoms in total.